The van der Waals surface area contributed by atoms with Gasteiger partial charge in [0.15, 0.2) is 12.1 Å². The average Bonchev–Trinajstić information content (AvgIpc) is 2.92. The zero-order valence-corrected chi connectivity index (χ0v) is 10.8. The zero-order valence-electron chi connectivity index (χ0n) is 10.8. The molecule has 0 N–H and O–H groups in total. The van der Waals surface area contributed by atoms with Crippen molar-refractivity contribution in [2.24, 2.45) is 0 Å². The van der Waals surface area contributed by atoms with Crippen LogP contribution >= 0.6 is 0 Å². The first-order chi connectivity index (χ1) is 9.79. The summed E-state index contributed by atoms with van der Waals surface area (Å²) in [5.74, 6) is -1.86. The smallest absolute Gasteiger partial charge is 0.419 e. The molecule has 0 radical (unpaired) electrons. The van der Waals surface area contributed by atoms with Crippen LogP contribution in [0.4, 0.5) is 17.6 Å². The highest BCUT2D eigenvalue weighted by molar-refractivity contribution is 5.91. The molecule has 0 atom stereocenters. The van der Waals surface area contributed by atoms with E-state index in [4.69, 9.17) is 0 Å². The molecule has 21 heavy (non-hydrogen) atoms. The van der Waals surface area contributed by atoms with Crippen LogP contribution in [0.5, 0.6) is 0 Å². The lowest BCUT2D eigenvalue weighted by molar-refractivity contribution is -0.140. The molecular weight excluding hydrogens is 292 g/mol. The molecule has 0 bridgehead atoms. The van der Waals surface area contributed by atoms with Crippen molar-refractivity contribution in [1.29, 1.82) is 0 Å². The molecule has 112 valence electrons. The monoisotopic (exact) mass is 302 g/mol. The molecule has 8 heteroatoms. The summed E-state index contributed by atoms with van der Waals surface area (Å²) in [5.41, 5.74) is -1.17. The van der Waals surface area contributed by atoms with Crippen molar-refractivity contribution in [3.63, 3.8) is 0 Å². The van der Waals surface area contributed by atoms with E-state index < -0.39 is 23.5 Å². The molecule has 2 rings (SSSR count). The number of hydrogen-bond donors (Lipinski definition) is 0. The van der Waals surface area contributed by atoms with Crippen LogP contribution in [0.3, 0.4) is 0 Å². The highest BCUT2D eigenvalue weighted by atomic mass is 19.4. The van der Waals surface area contributed by atoms with Gasteiger partial charge in [-0.05, 0) is 17.7 Å². The second-order valence-corrected chi connectivity index (χ2v) is 4.35. The van der Waals surface area contributed by atoms with Gasteiger partial charge in [0.05, 0.1) is 5.56 Å². The van der Waals surface area contributed by atoms with E-state index in [0.717, 1.165) is 23.6 Å². The molecule has 0 saturated carbocycles. The van der Waals surface area contributed by atoms with Crippen LogP contribution in [0.2, 0.25) is 0 Å². The lowest BCUT2D eigenvalue weighted by atomic mass is 10.1. The second kappa shape index (κ2) is 5.55. The number of benzene rings is 1. The van der Waals surface area contributed by atoms with Crippen molar-refractivity contribution in [2.45, 2.75) is 12.7 Å². The van der Waals surface area contributed by atoms with Gasteiger partial charge in [0, 0.05) is 13.6 Å². The normalized spacial score (nSPS) is 11.5. The maximum absolute atomic E-state index is 13.2. The Hall–Kier alpha value is -2.38. The van der Waals surface area contributed by atoms with Crippen molar-refractivity contribution in [3.8, 4) is 0 Å². The zero-order chi connectivity index (χ0) is 15.6. The molecule has 0 aliphatic carbocycles. The standard InChI is InChI=1S/C13H10F4N2O2/c1-19(12(20)11-6-21-7-18-11)5-8-2-3-10(14)9(4-8)13(15,16)17/h2-4,6-7H,5H2,1H3. The van der Waals surface area contributed by atoms with E-state index in [1.165, 1.54) is 13.1 Å². The summed E-state index contributed by atoms with van der Waals surface area (Å²) in [6, 6.07) is 2.60. The van der Waals surface area contributed by atoms with Gasteiger partial charge in [-0.3, -0.25) is 4.79 Å². The first kappa shape index (κ1) is 15.0. The summed E-state index contributed by atoms with van der Waals surface area (Å²) < 4.78 is 55.6. The lowest BCUT2D eigenvalue weighted by Crippen LogP contribution is -2.26. The van der Waals surface area contributed by atoms with Gasteiger partial charge < -0.3 is 9.32 Å². The van der Waals surface area contributed by atoms with Crippen LogP contribution in [0.1, 0.15) is 21.6 Å². The third kappa shape index (κ3) is 3.39. The minimum atomic E-state index is -4.78. The molecule has 1 heterocycles. The number of alkyl halides is 3. The van der Waals surface area contributed by atoms with Crippen molar-refractivity contribution in [3.05, 3.63) is 53.5 Å². The molecule has 4 nitrogen and oxygen atoms in total. The van der Waals surface area contributed by atoms with Crippen LogP contribution in [0.25, 0.3) is 0 Å². The molecule has 1 amide bonds. The Bertz CT molecular complexity index is 638. The number of nitrogens with zero attached hydrogens (tertiary/aromatic N) is 2. The van der Waals surface area contributed by atoms with Crippen LogP contribution < -0.4 is 0 Å². The number of rotatable bonds is 3. The fourth-order valence-corrected chi connectivity index (χ4v) is 1.75. The highest BCUT2D eigenvalue weighted by Crippen LogP contribution is 2.32. The first-order valence-corrected chi connectivity index (χ1v) is 5.78. The summed E-state index contributed by atoms with van der Waals surface area (Å²) in [6.07, 6.45) is -2.58. The van der Waals surface area contributed by atoms with Gasteiger partial charge in [-0.25, -0.2) is 9.37 Å². The van der Waals surface area contributed by atoms with E-state index >= 15 is 0 Å². The number of aromatic nitrogens is 1. The molecule has 0 aliphatic rings. The van der Waals surface area contributed by atoms with E-state index in [0.29, 0.717) is 6.07 Å². The van der Waals surface area contributed by atoms with E-state index in [9.17, 15) is 22.4 Å². The van der Waals surface area contributed by atoms with Crippen LogP contribution in [0.15, 0.2) is 35.3 Å². The molecule has 0 saturated heterocycles. The fourth-order valence-electron chi connectivity index (χ4n) is 1.75. The maximum atomic E-state index is 13.2. The maximum Gasteiger partial charge on any atom is 0.419 e. The third-order valence-corrected chi connectivity index (χ3v) is 2.75. The van der Waals surface area contributed by atoms with E-state index in [-0.39, 0.29) is 17.8 Å². The summed E-state index contributed by atoms with van der Waals surface area (Å²) in [4.78, 5) is 16.7. The Balaban J connectivity index is 2.18. The van der Waals surface area contributed by atoms with Gasteiger partial charge in [0.1, 0.15) is 12.1 Å². The molecule has 0 spiro atoms. The Kier molecular flexibility index (Phi) is 3.97. The summed E-state index contributed by atoms with van der Waals surface area (Å²) in [6.45, 7) is -0.116. The molecule has 1 aromatic heterocycles. The largest absolute Gasteiger partial charge is 0.451 e. The second-order valence-electron chi connectivity index (χ2n) is 4.35. The van der Waals surface area contributed by atoms with Crippen molar-refractivity contribution < 1.29 is 26.8 Å². The first-order valence-electron chi connectivity index (χ1n) is 5.78. The molecule has 2 aromatic rings. The van der Waals surface area contributed by atoms with Gasteiger partial charge in [0.25, 0.3) is 5.91 Å². The Morgan fingerprint density at radius 2 is 2.10 bits per heavy atom. The van der Waals surface area contributed by atoms with Crippen molar-refractivity contribution in [2.75, 3.05) is 7.05 Å². The molecule has 1 aromatic carbocycles. The minimum absolute atomic E-state index is 0.0376. The van der Waals surface area contributed by atoms with E-state index in [1.807, 2.05) is 0 Å². The summed E-state index contributed by atoms with van der Waals surface area (Å²) in [5, 5.41) is 0. The average molecular weight is 302 g/mol. The van der Waals surface area contributed by atoms with E-state index in [2.05, 4.69) is 9.40 Å². The number of oxazole rings is 1. The molecule has 0 fully saturated rings. The van der Waals surface area contributed by atoms with Gasteiger partial charge in [-0.2, -0.15) is 13.2 Å². The predicted octanol–water partition coefficient (Wildman–Crippen LogP) is 3.10. The fraction of sp³-hybridized carbons (Fsp3) is 0.231. The lowest BCUT2D eigenvalue weighted by Gasteiger charge is -2.17. The summed E-state index contributed by atoms with van der Waals surface area (Å²) in [7, 11) is 1.40. The third-order valence-electron chi connectivity index (χ3n) is 2.75. The number of carbonyl (C=O) groups is 1. The van der Waals surface area contributed by atoms with E-state index in [1.54, 1.807) is 0 Å². The Morgan fingerprint density at radius 1 is 1.38 bits per heavy atom. The SMILES string of the molecule is CN(Cc1ccc(F)c(C(F)(F)F)c1)C(=O)c1cocn1. The van der Waals surface area contributed by atoms with Crippen LogP contribution in [-0.4, -0.2) is 22.8 Å². The number of amides is 1. The Morgan fingerprint density at radius 3 is 2.67 bits per heavy atom. The van der Waals surface area contributed by atoms with Crippen LogP contribution in [0, 0.1) is 5.82 Å². The predicted molar refractivity (Wildman–Crippen MR) is 63.7 cm³/mol. The minimum Gasteiger partial charge on any atom is -0.451 e. The molecule has 0 unspecified atom stereocenters. The quantitative estimate of drug-likeness (QED) is 0.818. The van der Waals surface area contributed by atoms with Crippen LogP contribution in [-0.2, 0) is 12.7 Å². The highest BCUT2D eigenvalue weighted by Gasteiger charge is 2.34. The van der Waals surface area contributed by atoms with Crippen molar-refractivity contribution in [1.82, 2.24) is 9.88 Å². The summed E-state index contributed by atoms with van der Waals surface area (Å²) >= 11 is 0. The van der Waals surface area contributed by atoms with Crippen molar-refractivity contribution >= 4 is 5.91 Å². The number of hydrogen-bond acceptors (Lipinski definition) is 3. The number of carbonyl (C=O) groups excluding carboxylic acids is 1. The molecule has 0 aliphatic heterocycles. The number of halogens is 4. The van der Waals surface area contributed by atoms with Gasteiger partial charge in [-0.15, -0.1) is 0 Å². The van der Waals surface area contributed by atoms with Gasteiger partial charge in [0.2, 0.25) is 0 Å². The topological polar surface area (TPSA) is 46.3 Å². The Labute approximate surface area is 117 Å². The van der Waals surface area contributed by atoms with Gasteiger partial charge >= 0.3 is 6.18 Å². The van der Waals surface area contributed by atoms with Gasteiger partial charge in [-0.1, -0.05) is 6.07 Å². The molecular formula is C13H10F4N2O2.